The lowest BCUT2D eigenvalue weighted by molar-refractivity contribution is -0.384. The molecule has 6 heteroatoms. The molecule has 74 valence electrons. The molecular weight excluding hydrogens is 186 g/mol. The topological polar surface area (TPSA) is 112 Å². The van der Waals surface area contributed by atoms with Crippen LogP contribution in [0.25, 0.3) is 0 Å². The summed E-state index contributed by atoms with van der Waals surface area (Å²) in [5.41, 5.74) is 10.4. The third-order valence-corrected chi connectivity index (χ3v) is 1.87. The Balaban J connectivity index is 3.49. The third kappa shape index (κ3) is 1.49. The maximum Gasteiger partial charge on any atom is 0.295 e. The number of amides is 1. The maximum absolute atomic E-state index is 10.8. The van der Waals surface area contributed by atoms with Gasteiger partial charge in [-0.3, -0.25) is 14.9 Å². The molecular formula is C8H9N3O3. The number of nitro groups is 1. The fourth-order valence-corrected chi connectivity index (χ4v) is 1.17. The molecule has 0 aliphatic carbocycles. The highest BCUT2D eigenvalue weighted by molar-refractivity contribution is 6.00. The minimum absolute atomic E-state index is 0.0256. The summed E-state index contributed by atoms with van der Waals surface area (Å²) in [4.78, 5) is 20.8. The lowest BCUT2D eigenvalue weighted by atomic mass is 10.1. The van der Waals surface area contributed by atoms with Gasteiger partial charge in [-0.15, -0.1) is 0 Å². The van der Waals surface area contributed by atoms with Crippen LogP contribution in [0, 0.1) is 17.0 Å². The maximum atomic E-state index is 10.8. The van der Waals surface area contributed by atoms with E-state index in [1.54, 1.807) is 6.92 Å². The molecule has 0 aliphatic rings. The summed E-state index contributed by atoms with van der Waals surface area (Å²) in [6.07, 6.45) is 0. The van der Waals surface area contributed by atoms with Crippen molar-refractivity contribution in [3.05, 3.63) is 33.4 Å². The zero-order valence-electron chi connectivity index (χ0n) is 7.48. The summed E-state index contributed by atoms with van der Waals surface area (Å²) in [7, 11) is 0. The average Bonchev–Trinajstić information content (AvgIpc) is 2.02. The summed E-state index contributed by atoms with van der Waals surface area (Å²) < 4.78 is 0. The molecule has 0 bridgehead atoms. The van der Waals surface area contributed by atoms with E-state index in [1.807, 2.05) is 0 Å². The first-order chi connectivity index (χ1) is 6.45. The van der Waals surface area contributed by atoms with Crippen LogP contribution >= 0.6 is 0 Å². The molecule has 4 N–H and O–H groups in total. The van der Waals surface area contributed by atoms with Crippen molar-refractivity contribution < 1.29 is 9.72 Å². The van der Waals surface area contributed by atoms with Gasteiger partial charge in [0, 0.05) is 5.56 Å². The highest BCUT2D eigenvalue weighted by atomic mass is 16.6. The van der Waals surface area contributed by atoms with Gasteiger partial charge in [0.15, 0.2) is 0 Å². The van der Waals surface area contributed by atoms with E-state index in [1.165, 1.54) is 12.1 Å². The number of nitro benzene ring substituents is 1. The van der Waals surface area contributed by atoms with Crippen molar-refractivity contribution >= 4 is 17.3 Å². The molecule has 0 aliphatic heterocycles. The van der Waals surface area contributed by atoms with Crippen molar-refractivity contribution in [2.45, 2.75) is 6.92 Å². The van der Waals surface area contributed by atoms with Gasteiger partial charge in [0.05, 0.1) is 10.5 Å². The van der Waals surface area contributed by atoms with Gasteiger partial charge in [0.25, 0.3) is 11.6 Å². The second-order valence-electron chi connectivity index (χ2n) is 2.81. The summed E-state index contributed by atoms with van der Waals surface area (Å²) in [6.45, 7) is 1.54. The van der Waals surface area contributed by atoms with E-state index in [4.69, 9.17) is 11.5 Å². The normalized spacial score (nSPS) is 9.79. The number of benzene rings is 1. The Morgan fingerprint density at radius 1 is 1.50 bits per heavy atom. The summed E-state index contributed by atoms with van der Waals surface area (Å²) in [6, 6.07) is 2.81. The quantitative estimate of drug-likeness (QED) is 0.408. The highest BCUT2D eigenvalue weighted by Crippen LogP contribution is 2.28. The van der Waals surface area contributed by atoms with Crippen molar-refractivity contribution in [3.63, 3.8) is 0 Å². The number of hydrogen-bond donors (Lipinski definition) is 2. The number of primary amides is 1. The van der Waals surface area contributed by atoms with Crippen LogP contribution in [0.4, 0.5) is 11.4 Å². The molecule has 0 saturated carbocycles. The predicted octanol–water partition coefficient (Wildman–Crippen LogP) is 0.584. The van der Waals surface area contributed by atoms with E-state index in [0.29, 0.717) is 5.56 Å². The van der Waals surface area contributed by atoms with Gasteiger partial charge in [-0.05, 0) is 13.0 Å². The Kier molecular flexibility index (Phi) is 2.37. The molecule has 14 heavy (non-hydrogen) atoms. The van der Waals surface area contributed by atoms with Crippen molar-refractivity contribution in [2.75, 3.05) is 5.73 Å². The van der Waals surface area contributed by atoms with E-state index < -0.39 is 10.8 Å². The van der Waals surface area contributed by atoms with Gasteiger partial charge in [0.2, 0.25) is 0 Å². The second kappa shape index (κ2) is 3.33. The van der Waals surface area contributed by atoms with Crippen LogP contribution in [0.2, 0.25) is 0 Å². The number of rotatable bonds is 2. The predicted molar refractivity (Wildman–Crippen MR) is 50.8 cm³/mol. The fraction of sp³-hybridized carbons (Fsp3) is 0.125. The first kappa shape index (κ1) is 9.97. The molecule has 0 aromatic heterocycles. The molecule has 1 rings (SSSR count). The lowest BCUT2D eigenvalue weighted by Crippen LogP contribution is -2.14. The number of anilines is 1. The Morgan fingerprint density at radius 3 is 2.50 bits per heavy atom. The summed E-state index contributed by atoms with van der Waals surface area (Å²) in [5.74, 6) is -0.773. The molecule has 1 aromatic rings. The zero-order chi connectivity index (χ0) is 10.9. The summed E-state index contributed by atoms with van der Waals surface area (Å²) >= 11 is 0. The number of aryl methyl sites for hydroxylation is 1. The van der Waals surface area contributed by atoms with Crippen LogP contribution in [-0.4, -0.2) is 10.8 Å². The van der Waals surface area contributed by atoms with Crippen LogP contribution in [0.1, 0.15) is 15.9 Å². The van der Waals surface area contributed by atoms with Crippen LogP contribution < -0.4 is 11.5 Å². The lowest BCUT2D eigenvalue weighted by Gasteiger charge is -2.04. The van der Waals surface area contributed by atoms with E-state index in [9.17, 15) is 14.9 Å². The molecule has 0 fully saturated rings. The zero-order valence-corrected chi connectivity index (χ0v) is 7.48. The summed E-state index contributed by atoms with van der Waals surface area (Å²) in [5, 5.41) is 10.6. The van der Waals surface area contributed by atoms with Crippen LogP contribution in [0.3, 0.4) is 0 Å². The number of nitrogens with zero attached hydrogens (tertiary/aromatic N) is 1. The fourth-order valence-electron chi connectivity index (χ4n) is 1.17. The molecule has 0 radical (unpaired) electrons. The highest BCUT2D eigenvalue weighted by Gasteiger charge is 2.20. The van der Waals surface area contributed by atoms with Crippen LogP contribution in [-0.2, 0) is 0 Å². The molecule has 0 spiro atoms. The van der Waals surface area contributed by atoms with Crippen molar-refractivity contribution in [3.8, 4) is 0 Å². The van der Waals surface area contributed by atoms with E-state index in [0.717, 1.165) is 0 Å². The minimum atomic E-state index is -0.773. The van der Waals surface area contributed by atoms with E-state index in [2.05, 4.69) is 0 Å². The first-order valence-electron chi connectivity index (χ1n) is 3.78. The van der Waals surface area contributed by atoms with Crippen molar-refractivity contribution in [2.24, 2.45) is 5.73 Å². The largest absolute Gasteiger partial charge is 0.392 e. The van der Waals surface area contributed by atoms with Gasteiger partial charge < -0.3 is 11.5 Å². The Hall–Kier alpha value is -2.11. The molecule has 1 amide bonds. The van der Waals surface area contributed by atoms with Crippen LogP contribution in [0.15, 0.2) is 12.1 Å². The number of carbonyl (C=O) groups excluding carboxylic acids is 1. The number of nitrogens with two attached hydrogens (primary N) is 2. The van der Waals surface area contributed by atoms with Gasteiger partial charge in [-0.25, -0.2) is 0 Å². The van der Waals surface area contributed by atoms with Crippen molar-refractivity contribution in [1.82, 2.24) is 0 Å². The van der Waals surface area contributed by atoms with Gasteiger partial charge in [0.1, 0.15) is 5.69 Å². The van der Waals surface area contributed by atoms with E-state index in [-0.39, 0.29) is 16.9 Å². The van der Waals surface area contributed by atoms with E-state index >= 15 is 0 Å². The number of nitrogen functional groups attached to an aromatic ring is 1. The number of carbonyl (C=O) groups is 1. The molecule has 6 nitrogen and oxygen atoms in total. The average molecular weight is 195 g/mol. The number of hydrogen-bond acceptors (Lipinski definition) is 4. The first-order valence-corrected chi connectivity index (χ1v) is 3.78. The molecule has 0 unspecified atom stereocenters. The Bertz CT molecular complexity index is 415. The van der Waals surface area contributed by atoms with Crippen LogP contribution in [0.5, 0.6) is 0 Å². The monoisotopic (exact) mass is 195 g/mol. The minimum Gasteiger partial charge on any atom is -0.392 e. The Morgan fingerprint density at radius 2 is 2.07 bits per heavy atom. The standard InChI is InChI=1S/C8H9N3O3/c1-4-2-3-5(8(10)12)6(9)7(4)11(13)14/h2-3H,9H2,1H3,(H2,10,12). The van der Waals surface area contributed by atoms with Gasteiger partial charge >= 0.3 is 0 Å². The molecule has 1 aromatic carbocycles. The van der Waals surface area contributed by atoms with Gasteiger partial charge in [-0.2, -0.15) is 0 Å². The Labute approximate surface area is 79.7 Å². The van der Waals surface area contributed by atoms with Gasteiger partial charge in [-0.1, -0.05) is 6.07 Å². The third-order valence-electron chi connectivity index (χ3n) is 1.87. The molecule has 0 heterocycles. The molecule has 0 atom stereocenters. The SMILES string of the molecule is Cc1ccc(C(N)=O)c(N)c1[N+](=O)[O-]. The second-order valence-corrected chi connectivity index (χ2v) is 2.81. The van der Waals surface area contributed by atoms with Crippen molar-refractivity contribution in [1.29, 1.82) is 0 Å². The smallest absolute Gasteiger partial charge is 0.295 e. The molecule has 0 saturated heterocycles.